The van der Waals surface area contributed by atoms with Crippen molar-refractivity contribution in [3.63, 3.8) is 0 Å². The zero-order valence-electron chi connectivity index (χ0n) is 12.8. The molecule has 0 radical (unpaired) electrons. The average Bonchev–Trinajstić information content (AvgIpc) is 2.48. The minimum atomic E-state index is -0.495. The number of ether oxygens (including phenoxy) is 1. The lowest BCUT2D eigenvalue weighted by Crippen LogP contribution is -2.48. The largest absolute Gasteiger partial charge is 0.478 e. The molecule has 0 N–H and O–H groups in total. The van der Waals surface area contributed by atoms with Crippen molar-refractivity contribution in [2.75, 3.05) is 11.4 Å². The molecule has 1 amide bonds. The Hall–Kier alpha value is -2.10. The molecule has 1 unspecified atom stereocenters. The number of carbonyl (C=O) groups is 2. The molecule has 0 aromatic heterocycles. The van der Waals surface area contributed by atoms with Crippen LogP contribution < -0.4 is 9.64 Å². The fourth-order valence-corrected chi connectivity index (χ4v) is 2.40. The Labute approximate surface area is 125 Å². The van der Waals surface area contributed by atoms with Crippen molar-refractivity contribution in [2.45, 2.75) is 33.3 Å². The van der Waals surface area contributed by atoms with Crippen LogP contribution in [-0.2, 0) is 4.79 Å². The smallest absolute Gasteiger partial charge is 0.268 e. The molecule has 0 bridgehead atoms. The highest BCUT2D eigenvalue weighted by Crippen LogP contribution is 2.36. The van der Waals surface area contributed by atoms with E-state index in [1.807, 2.05) is 20.8 Å². The van der Waals surface area contributed by atoms with Gasteiger partial charge in [0.05, 0.1) is 5.69 Å². The van der Waals surface area contributed by atoms with E-state index < -0.39 is 6.10 Å². The summed E-state index contributed by atoms with van der Waals surface area (Å²) in [5, 5.41) is 0. The summed E-state index contributed by atoms with van der Waals surface area (Å²) in [5.74, 6) is 0.686. The number of anilines is 1. The highest BCUT2D eigenvalue weighted by molar-refractivity contribution is 6.03. The molecule has 2 rings (SSSR count). The van der Waals surface area contributed by atoms with Gasteiger partial charge in [0.25, 0.3) is 5.91 Å². The van der Waals surface area contributed by atoms with Crippen LogP contribution in [0.3, 0.4) is 0 Å². The molecule has 0 aliphatic carbocycles. The first-order chi connectivity index (χ1) is 9.99. The van der Waals surface area contributed by atoms with Gasteiger partial charge in [-0.3, -0.25) is 9.59 Å². The van der Waals surface area contributed by atoms with Crippen LogP contribution in [0.1, 0.15) is 37.6 Å². The van der Waals surface area contributed by atoms with Crippen LogP contribution in [0.4, 0.5) is 5.69 Å². The lowest BCUT2D eigenvalue weighted by Gasteiger charge is -2.35. The second kappa shape index (κ2) is 6.12. The molecule has 1 aliphatic heterocycles. The van der Waals surface area contributed by atoms with Crippen LogP contribution in [0.2, 0.25) is 0 Å². The third-order valence-electron chi connectivity index (χ3n) is 3.57. The van der Waals surface area contributed by atoms with Gasteiger partial charge in [0, 0.05) is 18.5 Å². The minimum Gasteiger partial charge on any atom is -0.478 e. The van der Waals surface area contributed by atoms with Crippen LogP contribution in [0, 0.1) is 5.92 Å². The van der Waals surface area contributed by atoms with Gasteiger partial charge in [0.15, 0.2) is 11.9 Å². The summed E-state index contributed by atoms with van der Waals surface area (Å²) in [6.07, 6.45) is 1.62. The topological polar surface area (TPSA) is 46.6 Å². The van der Waals surface area contributed by atoms with Crippen LogP contribution in [0.25, 0.3) is 0 Å². The second-order valence-electron chi connectivity index (χ2n) is 5.48. The fourth-order valence-electron chi connectivity index (χ4n) is 2.40. The van der Waals surface area contributed by atoms with Crippen LogP contribution in [-0.4, -0.2) is 24.3 Å². The highest BCUT2D eigenvalue weighted by Gasteiger charge is 2.36. The van der Waals surface area contributed by atoms with E-state index in [-0.39, 0.29) is 17.6 Å². The van der Waals surface area contributed by atoms with E-state index in [9.17, 15) is 9.59 Å². The molecule has 4 nitrogen and oxygen atoms in total. The van der Waals surface area contributed by atoms with Gasteiger partial charge in [-0.05, 0) is 24.1 Å². The predicted octanol–water partition coefficient (Wildman–Crippen LogP) is 3.22. The second-order valence-corrected chi connectivity index (χ2v) is 5.48. The van der Waals surface area contributed by atoms with Gasteiger partial charge < -0.3 is 9.64 Å². The molecule has 21 heavy (non-hydrogen) atoms. The maximum absolute atomic E-state index is 12.5. The molecule has 1 aromatic carbocycles. The number of ketones is 1. The molecular formula is C17H21NO3. The summed E-state index contributed by atoms with van der Waals surface area (Å²) in [7, 11) is 0. The third kappa shape index (κ3) is 2.84. The van der Waals surface area contributed by atoms with E-state index in [2.05, 4.69) is 6.58 Å². The molecule has 0 saturated carbocycles. The first-order valence-electron chi connectivity index (χ1n) is 7.25. The number of benzene rings is 1. The summed E-state index contributed by atoms with van der Waals surface area (Å²) in [6, 6.07) is 5.26. The summed E-state index contributed by atoms with van der Waals surface area (Å²) >= 11 is 0. The Bertz CT molecular complexity index is 577. The van der Waals surface area contributed by atoms with Crippen molar-refractivity contribution in [1.82, 2.24) is 0 Å². The van der Waals surface area contributed by atoms with Gasteiger partial charge in [-0.15, -0.1) is 6.58 Å². The molecule has 1 aromatic rings. The number of rotatable bonds is 5. The highest BCUT2D eigenvalue weighted by atomic mass is 16.5. The van der Waals surface area contributed by atoms with Crippen LogP contribution in [0.15, 0.2) is 30.9 Å². The van der Waals surface area contributed by atoms with Crippen molar-refractivity contribution in [1.29, 1.82) is 0 Å². The van der Waals surface area contributed by atoms with Crippen molar-refractivity contribution in [3.8, 4) is 5.75 Å². The standard InChI is InChI=1S/C17H21NO3/c1-5-9-18-13-10-12(14(19)6-2)7-8-15(13)21-16(11(3)4)17(18)20/h5,7-8,10-11,16H,1,6,9H2,2-4H3. The molecule has 1 heterocycles. The number of fused-ring (bicyclic) bond motifs is 1. The lowest BCUT2D eigenvalue weighted by atomic mass is 10.0. The van der Waals surface area contributed by atoms with Crippen molar-refractivity contribution < 1.29 is 14.3 Å². The predicted molar refractivity (Wildman–Crippen MR) is 82.9 cm³/mol. The van der Waals surface area contributed by atoms with Gasteiger partial charge in [-0.2, -0.15) is 0 Å². The normalized spacial score (nSPS) is 17.4. The number of amides is 1. The van der Waals surface area contributed by atoms with Gasteiger partial charge in [0.1, 0.15) is 5.75 Å². The number of hydrogen-bond donors (Lipinski definition) is 0. The third-order valence-corrected chi connectivity index (χ3v) is 3.57. The van der Waals surface area contributed by atoms with Crippen molar-refractivity contribution in [2.24, 2.45) is 5.92 Å². The number of nitrogens with zero attached hydrogens (tertiary/aromatic N) is 1. The summed E-state index contributed by atoms with van der Waals surface area (Å²) in [4.78, 5) is 26.0. The summed E-state index contributed by atoms with van der Waals surface area (Å²) in [5.41, 5.74) is 1.25. The Morgan fingerprint density at radius 2 is 2.19 bits per heavy atom. The van der Waals surface area contributed by atoms with E-state index in [4.69, 9.17) is 4.74 Å². The number of hydrogen-bond acceptors (Lipinski definition) is 3. The summed E-state index contributed by atoms with van der Waals surface area (Å²) < 4.78 is 5.81. The van der Waals surface area contributed by atoms with Gasteiger partial charge in [-0.1, -0.05) is 26.8 Å². The van der Waals surface area contributed by atoms with E-state index >= 15 is 0 Å². The van der Waals surface area contributed by atoms with Crippen LogP contribution >= 0.6 is 0 Å². The number of carbonyl (C=O) groups excluding carboxylic acids is 2. The first kappa shape index (κ1) is 15.3. The zero-order valence-corrected chi connectivity index (χ0v) is 12.8. The summed E-state index contributed by atoms with van der Waals surface area (Å²) in [6.45, 7) is 9.83. The van der Waals surface area contributed by atoms with E-state index in [0.717, 1.165) is 0 Å². The lowest BCUT2D eigenvalue weighted by molar-refractivity contribution is -0.128. The monoisotopic (exact) mass is 287 g/mol. The van der Waals surface area contributed by atoms with Gasteiger partial charge in [-0.25, -0.2) is 0 Å². The van der Waals surface area contributed by atoms with Gasteiger partial charge >= 0.3 is 0 Å². The molecule has 1 aliphatic rings. The van der Waals surface area contributed by atoms with E-state index in [0.29, 0.717) is 30.0 Å². The fraction of sp³-hybridized carbons (Fsp3) is 0.412. The molecule has 1 atom stereocenters. The molecule has 112 valence electrons. The van der Waals surface area contributed by atoms with Crippen LogP contribution in [0.5, 0.6) is 5.75 Å². The van der Waals surface area contributed by atoms with E-state index in [1.165, 1.54) is 0 Å². The molecule has 0 fully saturated rings. The molecular weight excluding hydrogens is 266 g/mol. The molecule has 4 heteroatoms. The SMILES string of the molecule is C=CCN1C(=O)C(C(C)C)Oc2ccc(C(=O)CC)cc21. The van der Waals surface area contributed by atoms with Crippen molar-refractivity contribution >= 4 is 17.4 Å². The zero-order chi connectivity index (χ0) is 15.6. The molecule has 0 spiro atoms. The molecule has 0 saturated heterocycles. The Balaban J connectivity index is 2.48. The Morgan fingerprint density at radius 3 is 2.76 bits per heavy atom. The maximum Gasteiger partial charge on any atom is 0.268 e. The number of Topliss-reactive ketones (excluding diaryl/α,β-unsaturated/α-hetero) is 1. The first-order valence-corrected chi connectivity index (χ1v) is 7.25. The average molecular weight is 287 g/mol. The Morgan fingerprint density at radius 1 is 1.48 bits per heavy atom. The quantitative estimate of drug-likeness (QED) is 0.617. The Kier molecular flexibility index (Phi) is 4.46. The minimum absolute atomic E-state index is 0.0507. The van der Waals surface area contributed by atoms with E-state index in [1.54, 1.807) is 29.2 Å². The van der Waals surface area contributed by atoms with Gasteiger partial charge in [0.2, 0.25) is 0 Å². The maximum atomic E-state index is 12.5. The van der Waals surface area contributed by atoms with Crippen molar-refractivity contribution in [3.05, 3.63) is 36.4 Å².